The summed E-state index contributed by atoms with van der Waals surface area (Å²) in [6, 6.07) is 2.17. The highest BCUT2D eigenvalue weighted by molar-refractivity contribution is 5.09. The summed E-state index contributed by atoms with van der Waals surface area (Å²) in [6.45, 7) is 8.36. The Hall–Kier alpha value is -0.870. The molecule has 0 spiro atoms. The molecule has 4 nitrogen and oxygen atoms in total. The molecule has 0 saturated heterocycles. The average molecular weight is 224 g/mol. The Morgan fingerprint density at radius 2 is 1.94 bits per heavy atom. The monoisotopic (exact) mass is 224 g/mol. The van der Waals surface area contributed by atoms with Gasteiger partial charge < -0.3 is 10.6 Å². The Balaban J connectivity index is 2.18. The van der Waals surface area contributed by atoms with Crippen molar-refractivity contribution in [2.45, 2.75) is 33.2 Å². The molecule has 0 unspecified atom stereocenters. The maximum atomic E-state index is 4.42. The van der Waals surface area contributed by atoms with Crippen LogP contribution in [0.1, 0.15) is 31.7 Å². The lowest BCUT2D eigenvalue weighted by atomic mass is 10.3. The van der Waals surface area contributed by atoms with Gasteiger partial charge in [-0.05, 0) is 25.5 Å². The summed E-state index contributed by atoms with van der Waals surface area (Å²) in [5, 5.41) is 11.2. The van der Waals surface area contributed by atoms with E-state index in [0.717, 1.165) is 32.6 Å². The Labute approximate surface area is 98.4 Å². The molecule has 0 radical (unpaired) electrons. The van der Waals surface area contributed by atoms with Gasteiger partial charge in [-0.15, -0.1) is 0 Å². The molecule has 0 saturated carbocycles. The number of nitrogens with zero attached hydrogens (tertiary/aromatic N) is 2. The molecule has 1 aromatic heterocycles. The van der Waals surface area contributed by atoms with E-state index < -0.39 is 0 Å². The van der Waals surface area contributed by atoms with E-state index >= 15 is 0 Å². The number of hydrogen-bond donors (Lipinski definition) is 2. The van der Waals surface area contributed by atoms with E-state index in [9.17, 15) is 0 Å². The van der Waals surface area contributed by atoms with Gasteiger partial charge in [0.05, 0.1) is 11.4 Å². The molecule has 0 bridgehead atoms. The quantitative estimate of drug-likeness (QED) is 0.649. The lowest BCUT2D eigenvalue weighted by molar-refractivity contribution is 0.584. The Morgan fingerprint density at radius 1 is 1.19 bits per heavy atom. The predicted octanol–water partition coefficient (Wildman–Crippen LogP) is 1.07. The van der Waals surface area contributed by atoms with Crippen LogP contribution in [0.25, 0.3) is 0 Å². The first-order valence-corrected chi connectivity index (χ1v) is 6.21. The van der Waals surface area contributed by atoms with Crippen LogP contribution in [-0.4, -0.2) is 29.4 Å². The molecule has 0 aliphatic rings. The molecule has 0 aliphatic heterocycles. The van der Waals surface area contributed by atoms with Crippen LogP contribution in [-0.2, 0) is 20.0 Å². The molecule has 92 valence electrons. The van der Waals surface area contributed by atoms with Gasteiger partial charge in [0, 0.05) is 26.7 Å². The first kappa shape index (κ1) is 13.2. The molecule has 1 rings (SSSR count). The van der Waals surface area contributed by atoms with Crippen molar-refractivity contribution in [1.82, 2.24) is 20.4 Å². The molecular formula is C12H24N4. The first-order chi connectivity index (χ1) is 7.77. The van der Waals surface area contributed by atoms with Crippen LogP contribution in [0.2, 0.25) is 0 Å². The van der Waals surface area contributed by atoms with Gasteiger partial charge in [-0.25, -0.2) is 0 Å². The summed E-state index contributed by atoms with van der Waals surface area (Å²) in [4.78, 5) is 0. The van der Waals surface area contributed by atoms with Crippen LogP contribution < -0.4 is 10.6 Å². The fourth-order valence-corrected chi connectivity index (χ4v) is 1.60. The number of hydrogen-bond acceptors (Lipinski definition) is 3. The second kappa shape index (κ2) is 7.41. The third-order valence-corrected chi connectivity index (χ3v) is 2.60. The summed E-state index contributed by atoms with van der Waals surface area (Å²) in [5.41, 5.74) is 2.43. The SMILES string of the molecule is CCCNCCNCc1cc(CC)nn1C. The zero-order valence-corrected chi connectivity index (χ0v) is 10.7. The van der Waals surface area contributed by atoms with Gasteiger partial charge in [-0.2, -0.15) is 5.10 Å². The van der Waals surface area contributed by atoms with Crippen LogP contribution in [0.5, 0.6) is 0 Å². The number of aryl methyl sites for hydroxylation is 2. The molecule has 0 atom stereocenters. The second-order valence-corrected chi connectivity index (χ2v) is 4.03. The van der Waals surface area contributed by atoms with E-state index in [2.05, 4.69) is 35.6 Å². The maximum absolute atomic E-state index is 4.42. The summed E-state index contributed by atoms with van der Waals surface area (Å²) >= 11 is 0. The van der Waals surface area contributed by atoms with Crippen LogP contribution in [0.3, 0.4) is 0 Å². The van der Waals surface area contributed by atoms with Gasteiger partial charge in [0.2, 0.25) is 0 Å². The molecular weight excluding hydrogens is 200 g/mol. The zero-order chi connectivity index (χ0) is 11.8. The summed E-state index contributed by atoms with van der Waals surface area (Å²) in [7, 11) is 2.01. The van der Waals surface area contributed by atoms with Crippen molar-refractivity contribution in [2.24, 2.45) is 7.05 Å². The molecule has 2 N–H and O–H groups in total. The third-order valence-electron chi connectivity index (χ3n) is 2.60. The minimum Gasteiger partial charge on any atom is -0.315 e. The lowest BCUT2D eigenvalue weighted by Gasteiger charge is -2.05. The van der Waals surface area contributed by atoms with E-state index in [0.29, 0.717) is 0 Å². The highest BCUT2D eigenvalue weighted by Gasteiger charge is 2.02. The third kappa shape index (κ3) is 4.33. The van der Waals surface area contributed by atoms with Gasteiger partial charge >= 0.3 is 0 Å². The second-order valence-electron chi connectivity index (χ2n) is 4.03. The Kier molecular flexibility index (Phi) is 6.11. The van der Waals surface area contributed by atoms with Gasteiger partial charge in [-0.1, -0.05) is 13.8 Å². The van der Waals surface area contributed by atoms with Crippen molar-refractivity contribution in [3.05, 3.63) is 17.5 Å². The maximum Gasteiger partial charge on any atom is 0.0625 e. The molecule has 1 aromatic rings. The van der Waals surface area contributed by atoms with E-state index in [1.807, 2.05) is 11.7 Å². The molecule has 1 heterocycles. The summed E-state index contributed by atoms with van der Waals surface area (Å²) in [5.74, 6) is 0. The highest BCUT2D eigenvalue weighted by Crippen LogP contribution is 2.02. The van der Waals surface area contributed by atoms with Crippen molar-refractivity contribution in [1.29, 1.82) is 0 Å². The van der Waals surface area contributed by atoms with Gasteiger partial charge in [0.25, 0.3) is 0 Å². The smallest absolute Gasteiger partial charge is 0.0625 e. The number of nitrogens with one attached hydrogen (secondary N) is 2. The van der Waals surface area contributed by atoms with Crippen LogP contribution in [0.15, 0.2) is 6.07 Å². The minimum absolute atomic E-state index is 0.900. The molecule has 0 aromatic carbocycles. The van der Waals surface area contributed by atoms with E-state index in [1.165, 1.54) is 17.8 Å². The summed E-state index contributed by atoms with van der Waals surface area (Å²) < 4.78 is 1.96. The van der Waals surface area contributed by atoms with Crippen molar-refractivity contribution < 1.29 is 0 Å². The average Bonchev–Trinajstić information content (AvgIpc) is 2.65. The van der Waals surface area contributed by atoms with Gasteiger partial charge in [0.1, 0.15) is 0 Å². The standard InChI is InChI=1S/C12H24N4/c1-4-6-13-7-8-14-10-12-9-11(5-2)15-16(12)3/h9,13-14H,4-8,10H2,1-3H3. The number of aromatic nitrogens is 2. The highest BCUT2D eigenvalue weighted by atomic mass is 15.3. The Bertz CT molecular complexity index is 293. The largest absolute Gasteiger partial charge is 0.315 e. The van der Waals surface area contributed by atoms with Crippen molar-refractivity contribution in [3.63, 3.8) is 0 Å². The molecule has 16 heavy (non-hydrogen) atoms. The molecule has 0 amide bonds. The fraction of sp³-hybridized carbons (Fsp3) is 0.750. The minimum atomic E-state index is 0.900. The molecule has 4 heteroatoms. The molecule has 0 aliphatic carbocycles. The first-order valence-electron chi connectivity index (χ1n) is 6.21. The van der Waals surface area contributed by atoms with Crippen LogP contribution in [0.4, 0.5) is 0 Å². The lowest BCUT2D eigenvalue weighted by Crippen LogP contribution is -2.28. The van der Waals surface area contributed by atoms with Crippen LogP contribution in [0, 0.1) is 0 Å². The van der Waals surface area contributed by atoms with E-state index in [-0.39, 0.29) is 0 Å². The van der Waals surface area contributed by atoms with E-state index in [1.54, 1.807) is 0 Å². The van der Waals surface area contributed by atoms with Crippen molar-refractivity contribution >= 4 is 0 Å². The topological polar surface area (TPSA) is 41.9 Å². The van der Waals surface area contributed by atoms with E-state index in [4.69, 9.17) is 0 Å². The van der Waals surface area contributed by atoms with Gasteiger partial charge in [0.15, 0.2) is 0 Å². The van der Waals surface area contributed by atoms with Gasteiger partial charge in [-0.3, -0.25) is 4.68 Å². The normalized spacial score (nSPS) is 10.9. The fourth-order valence-electron chi connectivity index (χ4n) is 1.60. The number of rotatable bonds is 8. The Morgan fingerprint density at radius 3 is 2.56 bits per heavy atom. The zero-order valence-electron chi connectivity index (χ0n) is 10.7. The summed E-state index contributed by atoms with van der Waals surface area (Å²) in [6.07, 6.45) is 2.20. The predicted molar refractivity (Wildman–Crippen MR) is 67.5 cm³/mol. The van der Waals surface area contributed by atoms with Crippen LogP contribution >= 0.6 is 0 Å². The van der Waals surface area contributed by atoms with Crippen molar-refractivity contribution in [3.8, 4) is 0 Å². The van der Waals surface area contributed by atoms with Crippen molar-refractivity contribution in [2.75, 3.05) is 19.6 Å². The molecule has 0 fully saturated rings.